The first-order valence-corrected chi connectivity index (χ1v) is 10.3. The number of ether oxygens (including phenoxy) is 1. The summed E-state index contributed by atoms with van der Waals surface area (Å²) in [6.07, 6.45) is -0.276. The lowest BCUT2D eigenvalue weighted by Crippen LogP contribution is -2.50. The van der Waals surface area contributed by atoms with E-state index in [1.54, 1.807) is 24.9 Å². The molecule has 1 fully saturated rings. The topological polar surface area (TPSA) is 101 Å². The van der Waals surface area contributed by atoms with Crippen molar-refractivity contribution >= 4 is 23.2 Å². The van der Waals surface area contributed by atoms with Gasteiger partial charge in [0.2, 0.25) is 0 Å². The van der Waals surface area contributed by atoms with Crippen LogP contribution in [-0.4, -0.2) is 59.7 Å². The van der Waals surface area contributed by atoms with Crippen molar-refractivity contribution in [3.05, 3.63) is 46.1 Å². The van der Waals surface area contributed by atoms with Crippen molar-refractivity contribution in [2.45, 2.75) is 33.3 Å². The van der Waals surface area contributed by atoms with Crippen LogP contribution in [0.2, 0.25) is 0 Å². The van der Waals surface area contributed by atoms with E-state index in [-0.39, 0.29) is 11.8 Å². The maximum Gasteiger partial charge on any atom is 0.410 e. The zero-order chi connectivity index (χ0) is 22.8. The van der Waals surface area contributed by atoms with Gasteiger partial charge in [0.05, 0.1) is 10.6 Å². The number of benzene rings is 1. The number of carbonyl (C=O) groups is 1. The first-order chi connectivity index (χ1) is 14.6. The van der Waals surface area contributed by atoms with Gasteiger partial charge in [0.15, 0.2) is 0 Å². The molecular weight excluding hydrogens is 398 g/mol. The third kappa shape index (κ3) is 5.22. The Morgan fingerprint density at radius 1 is 1.16 bits per heavy atom. The van der Waals surface area contributed by atoms with Crippen LogP contribution in [0.3, 0.4) is 0 Å². The molecule has 2 aromatic rings. The van der Waals surface area contributed by atoms with Gasteiger partial charge < -0.3 is 19.9 Å². The molecule has 0 aliphatic carbocycles. The number of nitro groups is 1. The van der Waals surface area contributed by atoms with Gasteiger partial charge in [0.1, 0.15) is 17.0 Å². The predicted octanol–water partition coefficient (Wildman–Crippen LogP) is 4.06. The third-order valence-electron chi connectivity index (χ3n) is 5.08. The molecule has 9 heteroatoms. The largest absolute Gasteiger partial charge is 0.444 e. The van der Waals surface area contributed by atoms with Crippen molar-refractivity contribution in [3.8, 4) is 11.3 Å². The molecular formula is C22H29N5O4. The van der Waals surface area contributed by atoms with E-state index >= 15 is 0 Å². The minimum Gasteiger partial charge on any atom is -0.444 e. The molecule has 1 saturated heterocycles. The summed E-state index contributed by atoms with van der Waals surface area (Å²) < 4.78 is 5.45. The summed E-state index contributed by atoms with van der Waals surface area (Å²) in [5, 5.41) is 14.2. The van der Waals surface area contributed by atoms with Crippen LogP contribution in [0.5, 0.6) is 0 Å². The van der Waals surface area contributed by atoms with Crippen LogP contribution >= 0.6 is 0 Å². The Bertz CT molecular complexity index is 961. The van der Waals surface area contributed by atoms with Crippen molar-refractivity contribution in [2.24, 2.45) is 0 Å². The third-order valence-corrected chi connectivity index (χ3v) is 5.08. The summed E-state index contributed by atoms with van der Waals surface area (Å²) in [6.45, 7) is 9.88. The Kier molecular flexibility index (Phi) is 6.33. The van der Waals surface area contributed by atoms with E-state index in [1.807, 2.05) is 45.0 Å². The highest BCUT2D eigenvalue weighted by molar-refractivity contribution is 5.73. The molecule has 1 amide bonds. The number of nitrogens with zero attached hydrogens (tertiary/aromatic N) is 4. The maximum absolute atomic E-state index is 12.2. The van der Waals surface area contributed by atoms with Crippen LogP contribution in [-0.2, 0) is 4.74 Å². The fourth-order valence-corrected chi connectivity index (χ4v) is 3.55. The molecule has 0 atom stereocenters. The number of carbonyl (C=O) groups excluding carboxylic acids is 1. The summed E-state index contributed by atoms with van der Waals surface area (Å²) >= 11 is 0. The van der Waals surface area contributed by atoms with Crippen molar-refractivity contribution in [1.29, 1.82) is 0 Å². The molecule has 3 rings (SSSR count). The number of aryl methyl sites for hydroxylation is 1. The quantitative estimate of drug-likeness (QED) is 0.580. The number of amides is 1. The van der Waals surface area contributed by atoms with Gasteiger partial charge in [-0.1, -0.05) is 12.1 Å². The standard InChI is InChI=1S/C22H29N5O4/c1-15-20(27(29)30)19(23-5)14-18(24-15)16-6-8-17(9-7-16)25-10-12-26(13-11-25)21(28)31-22(2,3)4/h6-9,14H,10-13H2,1-5H3,(H,23,24). The van der Waals surface area contributed by atoms with E-state index in [4.69, 9.17) is 4.74 Å². The number of piperazine rings is 1. The van der Waals surface area contributed by atoms with E-state index in [1.165, 1.54) is 0 Å². The Hall–Kier alpha value is -3.36. The predicted molar refractivity (Wildman–Crippen MR) is 121 cm³/mol. The molecule has 2 heterocycles. The zero-order valence-electron chi connectivity index (χ0n) is 18.6. The lowest BCUT2D eigenvalue weighted by atomic mass is 10.1. The average molecular weight is 428 g/mol. The fraction of sp³-hybridized carbons (Fsp3) is 0.455. The SMILES string of the molecule is CNc1cc(-c2ccc(N3CCN(C(=O)OC(C)(C)C)CC3)cc2)nc(C)c1[N+](=O)[O-]. The molecule has 1 aliphatic rings. The number of anilines is 2. The van der Waals surface area contributed by atoms with Gasteiger partial charge in [-0.25, -0.2) is 9.78 Å². The van der Waals surface area contributed by atoms with Crippen LogP contribution in [0.4, 0.5) is 21.9 Å². The molecule has 1 aromatic carbocycles. The van der Waals surface area contributed by atoms with E-state index in [0.717, 1.165) is 24.3 Å². The summed E-state index contributed by atoms with van der Waals surface area (Å²) in [5.74, 6) is 0. The van der Waals surface area contributed by atoms with Crippen LogP contribution < -0.4 is 10.2 Å². The molecule has 1 aromatic heterocycles. The first kappa shape index (κ1) is 22.3. The Balaban J connectivity index is 1.70. The van der Waals surface area contributed by atoms with Crippen molar-refractivity contribution in [3.63, 3.8) is 0 Å². The minimum absolute atomic E-state index is 0.00858. The number of hydrogen-bond donors (Lipinski definition) is 1. The maximum atomic E-state index is 12.2. The lowest BCUT2D eigenvalue weighted by molar-refractivity contribution is -0.384. The average Bonchev–Trinajstić information content (AvgIpc) is 2.71. The molecule has 166 valence electrons. The normalized spacial score (nSPS) is 14.4. The molecule has 9 nitrogen and oxygen atoms in total. The summed E-state index contributed by atoms with van der Waals surface area (Å²) in [5.41, 5.74) is 2.91. The van der Waals surface area contributed by atoms with Crippen molar-refractivity contribution in [1.82, 2.24) is 9.88 Å². The zero-order valence-corrected chi connectivity index (χ0v) is 18.6. The van der Waals surface area contributed by atoms with Gasteiger partial charge in [-0.05, 0) is 45.9 Å². The van der Waals surface area contributed by atoms with Crippen LogP contribution in [0.1, 0.15) is 26.5 Å². The van der Waals surface area contributed by atoms with E-state index in [0.29, 0.717) is 30.2 Å². The molecule has 0 spiro atoms. The molecule has 0 radical (unpaired) electrons. The fourth-order valence-electron chi connectivity index (χ4n) is 3.55. The number of aromatic nitrogens is 1. The molecule has 0 unspecified atom stereocenters. The van der Waals surface area contributed by atoms with Gasteiger partial charge >= 0.3 is 11.8 Å². The van der Waals surface area contributed by atoms with Crippen LogP contribution in [0.25, 0.3) is 11.3 Å². The first-order valence-electron chi connectivity index (χ1n) is 10.3. The summed E-state index contributed by atoms with van der Waals surface area (Å²) in [4.78, 5) is 31.5. The van der Waals surface area contributed by atoms with Crippen molar-refractivity contribution < 1.29 is 14.5 Å². The van der Waals surface area contributed by atoms with E-state index < -0.39 is 10.5 Å². The van der Waals surface area contributed by atoms with Crippen LogP contribution in [0.15, 0.2) is 30.3 Å². The van der Waals surface area contributed by atoms with Gasteiger partial charge in [0, 0.05) is 44.5 Å². The second-order valence-electron chi connectivity index (χ2n) is 8.50. The van der Waals surface area contributed by atoms with Crippen molar-refractivity contribution in [2.75, 3.05) is 43.4 Å². The number of pyridine rings is 1. The van der Waals surface area contributed by atoms with Gasteiger partial charge in [-0.3, -0.25) is 10.1 Å². The highest BCUT2D eigenvalue weighted by atomic mass is 16.6. The lowest BCUT2D eigenvalue weighted by Gasteiger charge is -2.36. The highest BCUT2D eigenvalue weighted by Gasteiger charge is 2.26. The summed E-state index contributed by atoms with van der Waals surface area (Å²) in [6, 6.07) is 9.64. The van der Waals surface area contributed by atoms with Crippen LogP contribution in [0, 0.1) is 17.0 Å². The van der Waals surface area contributed by atoms with E-state index in [2.05, 4.69) is 15.2 Å². The highest BCUT2D eigenvalue weighted by Crippen LogP contribution is 2.32. The second-order valence-corrected chi connectivity index (χ2v) is 8.50. The Labute approximate surface area is 182 Å². The number of hydrogen-bond acceptors (Lipinski definition) is 7. The van der Waals surface area contributed by atoms with E-state index in [9.17, 15) is 14.9 Å². The smallest absolute Gasteiger partial charge is 0.410 e. The Morgan fingerprint density at radius 3 is 2.29 bits per heavy atom. The Morgan fingerprint density at radius 2 is 1.77 bits per heavy atom. The second kappa shape index (κ2) is 8.79. The number of nitrogens with one attached hydrogen (secondary N) is 1. The molecule has 1 aliphatic heterocycles. The molecule has 31 heavy (non-hydrogen) atoms. The van der Waals surface area contributed by atoms with Gasteiger partial charge in [-0.2, -0.15) is 0 Å². The van der Waals surface area contributed by atoms with Gasteiger partial charge in [-0.15, -0.1) is 0 Å². The minimum atomic E-state index is -0.499. The monoisotopic (exact) mass is 427 g/mol. The summed E-state index contributed by atoms with van der Waals surface area (Å²) in [7, 11) is 1.66. The molecule has 0 bridgehead atoms. The molecule has 1 N–H and O–H groups in total. The molecule has 0 saturated carbocycles. The number of rotatable bonds is 4. The van der Waals surface area contributed by atoms with Gasteiger partial charge in [0.25, 0.3) is 0 Å².